The summed E-state index contributed by atoms with van der Waals surface area (Å²) in [5, 5.41) is 15.8. The minimum atomic E-state index is -0.434. The van der Waals surface area contributed by atoms with Gasteiger partial charge in [-0.25, -0.2) is 14.6 Å². The summed E-state index contributed by atoms with van der Waals surface area (Å²) in [5.74, 6) is 0.679. The number of hydrogen-bond acceptors (Lipinski definition) is 7. The van der Waals surface area contributed by atoms with Crippen molar-refractivity contribution in [3.63, 3.8) is 0 Å². The molecule has 1 aliphatic rings. The van der Waals surface area contributed by atoms with Crippen LogP contribution in [-0.4, -0.2) is 61.7 Å². The van der Waals surface area contributed by atoms with Gasteiger partial charge in [-0.1, -0.05) is 18.2 Å². The van der Waals surface area contributed by atoms with Gasteiger partial charge in [-0.15, -0.1) is 0 Å². The van der Waals surface area contributed by atoms with Crippen molar-refractivity contribution in [3.8, 4) is 16.9 Å². The Kier molecular flexibility index (Phi) is 6.16. The zero-order chi connectivity index (χ0) is 24.2. The number of anilines is 1. The van der Waals surface area contributed by atoms with E-state index in [1.165, 1.54) is 12.1 Å². The molecule has 1 fully saturated rings. The van der Waals surface area contributed by atoms with Crippen molar-refractivity contribution in [1.82, 2.24) is 24.6 Å². The van der Waals surface area contributed by atoms with Crippen molar-refractivity contribution in [2.45, 2.75) is 6.42 Å². The van der Waals surface area contributed by atoms with Gasteiger partial charge in [0, 0.05) is 68.0 Å². The van der Waals surface area contributed by atoms with Gasteiger partial charge >= 0.3 is 0 Å². The number of hydrogen-bond donors (Lipinski definition) is 0. The molecule has 0 aliphatic carbocycles. The number of nitrogens with zero attached hydrogens (tertiary/aromatic N) is 7. The molecule has 2 aromatic heterocycles. The van der Waals surface area contributed by atoms with E-state index in [0.29, 0.717) is 37.8 Å². The van der Waals surface area contributed by atoms with Gasteiger partial charge in [0.1, 0.15) is 0 Å². The largest absolute Gasteiger partial charge is 0.339 e. The van der Waals surface area contributed by atoms with E-state index in [9.17, 15) is 14.9 Å². The minimum Gasteiger partial charge on any atom is -0.339 e. The van der Waals surface area contributed by atoms with Crippen LogP contribution in [0.3, 0.4) is 0 Å². The van der Waals surface area contributed by atoms with Crippen molar-refractivity contribution in [1.29, 1.82) is 0 Å². The highest BCUT2D eigenvalue weighted by molar-refractivity contribution is 5.81. The molecule has 0 spiro atoms. The third kappa shape index (κ3) is 4.86. The van der Waals surface area contributed by atoms with Crippen LogP contribution in [0.1, 0.15) is 5.56 Å². The molecule has 3 heterocycles. The smallest absolute Gasteiger partial charge is 0.269 e. The Morgan fingerprint density at radius 1 is 0.914 bits per heavy atom. The van der Waals surface area contributed by atoms with E-state index in [1.54, 1.807) is 35.3 Å². The highest BCUT2D eigenvalue weighted by Crippen LogP contribution is 2.27. The van der Waals surface area contributed by atoms with Crippen LogP contribution in [0.4, 0.5) is 11.6 Å². The summed E-state index contributed by atoms with van der Waals surface area (Å²) >= 11 is 0. The van der Waals surface area contributed by atoms with Crippen molar-refractivity contribution >= 4 is 17.5 Å². The third-order valence-electron chi connectivity index (χ3n) is 5.97. The first kappa shape index (κ1) is 22.2. The predicted octanol–water partition coefficient (Wildman–Crippen LogP) is 3.13. The van der Waals surface area contributed by atoms with E-state index in [0.717, 1.165) is 16.8 Å². The summed E-state index contributed by atoms with van der Waals surface area (Å²) in [6.45, 7) is 2.48. The Hall–Kier alpha value is -4.60. The molecular formula is C25H23N7O3. The lowest BCUT2D eigenvalue weighted by Crippen LogP contribution is -2.49. The van der Waals surface area contributed by atoms with Crippen LogP contribution < -0.4 is 4.90 Å². The maximum atomic E-state index is 13.2. The first-order valence-corrected chi connectivity index (χ1v) is 11.3. The van der Waals surface area contributed by atoms with Crippen LogP contribution in [-0.2, 0) is 11.2 Å². The van der Waals surface area contributed by atoms with E-state index in [-0.39, 0.29) is 18.0 Å². The lowest BCUT2D eigenvalue weighted by molar-refractivity contribution is -0.384. The predicted molar refractivity (Wildman–Crippen MR) is 130 cm³/mol. The average molecular weight is 470 g/mol. The summed E-state index contributed by atoms with van der Waals surface area (Å²) in [6, 6.07) is 17.7. The molecule has 1 amide bonds. The average Bonchev–Trinajstić information content (AvgIpc) is 3.33. The second-order valence-corrected chi connectivity index (χ2v) is 8.18. The van der Waals surface area contributed by atoms with Gasteiger partial charge in [0.05, 0.1) is 22.7 Å². The van der Waals surface area contributed by atoms with Crippen LogP contribution in [0.15, 0.2) is 79.3 Å². The highest BCUT2D eigenvalue weighted by atomic mass is 16.6. The number of nitro benzene ring substituents is 1. The molecule has 4 aromatic rings. The summed E-state index contributed by atoms with van der Waals surface area (Å²) in [6.07, 6.45) is 5.47. The maximum absolute atomic E-state index is 13.2. The molecule has 2 aromatic carbocycles. The minimum absolute atomic E-state index is 0.00846. The highest BCUT2D eigenvalue weighted by Gasteiger charge is 2.24. The number of amides is 1. The molecule has 10 heteroatoms. The Morgan fingerprint density at radius 2 is 1.60 bits per heavy atom. The van der Waals surface area contributed by atoms with Crippen molar-refractivity contribution in [3.05, 3.63) is 94.9 Å². The molecule has 0 atom stereocenters. The molecule has 5 rings (SSSR count). The van der Waals surface area contributed by atoms with E-state index in [2.05, 4.69) is 14.9 Å². The van der Waals surface area contributed by atoms with Gasteiger partial charge in [0.15, 0.2) is 0 Å². The maximum Gasteiger partial charge on any atom is 0.269 e. The van der Waals surface area contributed by atoms with E-state index in [1.807, 2.05) is 41.4 Å². The molecule has 0 radical (unpaired) electrons. The second-order valence-electron chi connectivity index (χ2n) is 8.18. The molecule has 35 heavy (non-hydrogen) atoms. The zero-order valence-electron chi connectivity index (χ0n) is 18.9. The molecule has 176 valence electrons. The van der Waals surface area contributed by atoms with Crippen LogP contribution in [0, 0.1) is 10.1 Å². The number of rotatable bonds is 6. The standard InChI is InChI=1S/C25H23N7O3/c33-23(29-13-15-30(16-14-29)25-26-11-4-12-27-25)17-20-18-31(21-5-2-1-3-6-21)28-24(20)19-7-9-22(10-8-19)32(34)35/h1-12,18H,13-17H2. The van der Waals surface area contributed by atoms with E-state index < -0.39 is 4.92 Å². The molecule has 0 unspecified atom stereocenters. The van der Waals surface area contributed by atoms with E-state index in [4.69, 9.17) is 5.10 Å². The number of aromatic nitrogens is 4. The summed E-state index contributed by atoms with van der Waals surface area (Å²) in [7, 11) is 0. The fourth-order valence-corrected chi connectivity index (χ4v) is 4.12. The van der Waals surface area contributed by atoms with Gasteiger partial charge in [-0.05, 0) is 30.3 Å². The fourth-order valence-electron chi connectivity index (χ4n) is 4.12. The van der Waals surface area contributed by atoms with Crippen molar-refractivity contribution < 1.29 is 9.72 Å². The van der Waals surface area contributed by atoms with Gasteiger partial charge < -0.3 is 9.80 Å². The normalized spacial score (nSPS) is 13.6. The Bertz CT molecular complexity index is 1320. The van der Waals surface area contributed by atoms with Crippen molar-refractivity contribution in [2.24, 2.45) is 0 Å². The summed E-state index contributed by atoms with van der Waals surface area (Å²) < 4.78 is 1.74. The van der Waals surface area contributed by atoms with Crippen molar-refractivity contribution in [2.75, 3.05) is 31.1 Å². The van der Waals surface area contributed by atoms with Gasteiger partial charge in [0.25, 0.3) is 5.69 Å². The molecule has 0 bridgehead atoms. The van der Waals surface area contributed by atoms with Crippen LogP contribution in [0.25, 0.3) is 16.9 Å². The van der Waals surface area contributed by atoms with Gasteiger partial charge in [-0.3, -0.25) is 14.9 Å². The molecule has 1 saturated heterocycles. The molecule has 1 aliphatic heterocycles. The number of nitro groups is 1. The van der Waals surface area contributed by atoms with Crippen LogP contribution >= 0.6 is 0 Å². The van der Waals surface area contributed by atoms with Gasteiger partial charge in [0.2, 0.25) is 11.9 Å². The Labute approximate surface area is 201 Å². The second kappa shape index (κ2) is 9.72. The third-order valence-corrected chi connectivity index (χ3v) is 5.97. The number of para-hydroxylation sites is 1. The summed E-state index contributed by atoms with van der Waals surface area (Å²) in [4.78, 5) is 36.4. The zero-order valence-corrected chi connectivity index (χ0v) is 18.9. The lowest BCUT2D eigenvalue weighted by atomic mass is 10.0. The SMILES string of the molecule is O=C(Cc1cn(-c2ccccc2)nc1-c1ccc([N+](=O)[O-])cc1)N1CCN(c2ncccn2)CC1. The first-order valence-electron chi connectivity index (χ1n) is 11.3. The Morgan fingerprint density at radius 3 is 2.26 bits per heavy atom. The lowest BCUT2D eigenvalue weighted by Gasteiger charge is -2.34. The number of piperazine rings is 1. The molecule has 0 saturated carbocycles. The number of non-ortho nitro benzene ring substituents is 1. The summed E-state index contributed by atoms with van der Waals surface area (Å²) in [5.41, 5.74) is 2.99. The number of benzene rings is 2. The fraction of sp³-hybridized carbons (Fsp3) is 0.200. The Balaban J connectivity index is 1.37. The quantitative estimate of drug-likeness (QED) is 0.315. The topological polar surface area (TPSA) is 110 Å². The van der Waals surface area contributed by atoms with Gasteiger partial charge in [-0.2, -0.15) is 5.10 Å². The molecule has 10 nitrogen and oxygen atoms in total. The van der Waals surface area contributed by atoms with Crippen LogP contribution in [0.5, 0.6) is 0 Å². The number of carbonyl (C=O) groups is 1. The van der Waals surface area contributed by atoms with Crippen LogP contribution in [0.2, 0.25) is 0 Å². The number of carbonyl (C=O) groups excluding carboxylic acids is 1. The monoisotopic (exact) mass is 469 g/mol. The first-order chi connectivity index (χ1) is 17.1. The molecule has 0 N–H and O–H groups in total. The van der Waals surface area contributed by atoms with E-state index >= 15 is 0 Å². The molecular weight excluding hydrogens is 446 g/mol.